The molecule has 64 heavy (non-hydrogen) atoms. The predicted octanol–water partition coefficient (Wildman–Crippen LogP) is 0.0336. The maximum atomic E-state index is 12.4. The summed E-state index contributed by atoms with van der Waals surface area (Å²) in [5.74, 6) is -0.998. The molecular formula is C44H82N2O18. The summed E-state index contributed by atoms with van der Waals surface area (Å²) in [6, 6.07) is -1.43. The van der Waals surface area contributed by atoms with Crippen LogP contribution in [0, 0.1) is 0 Å². The van der Waals surface area contributed by atoms with Crippen LogP contribution in [0.5, 0.6) is 0 Å². The lowest BCUT2D eigenvalue weighted by molar-refractivity contribution is -0.385. The number of carbonyl (C=O) groups excluding carboxylic acids is 2. The Kier molecular flexibility index (Phi) is 28.4. The van der Waals surface area contributed by atoms with Crippen molar-refractivity contribution in [3.63, 3.8) is 0 Å². The van der Waals surface area contributed by atoms with Crippen LogP contribution in [0.15, 0.2) is 0 Å². The standard InChI is InChI=1S/C44H82N2O18/c1-4-5-6-7-8-9-10-11-12-13-14-15-16-17-18-21-57-23-24-58-27-32(50)45-20-19-22-59-44-41(64-43-39(56)38(55)34(51)28(2)60-43)40(36(53)31(26-48)62-44)63-42-33(46-29(3)49)37(54)35(52)30(25-47)61-42/h28,30-31,33-44,47-48,51-56H,4-27H2,1-3H3,(H,45,50)(H,46,49)/t28?,30?,31?,33?,34-,35+,36+,37-,38+,39?,40+,41?,42+,43+,44-/m1/s1. The largest absolute Gasteiger partial charge is 0.394 e. The van der Waals surface area contributed by atoms with Crippen molar-refractivity contribution >= 4 is 11.8 Å². The first kappa shape index (κ1) is 56.6. The molecule has 0 spiro atoms. The van der Waals surface area contributed by atoms with Gasteiger partial charge in [-0.25, -0.2) is 0 Å². The van der Waals surface area contributed by atoms with Gasteiger partial charge in [0, 0.05) is 20.1 Å². The lowest BCUT2D eigenvalue weighted by Crippen LogP contribution is -2.68. The van der Waals surface area contributed by atoms with Crippen LogP contribution in [0.25, 0.3) is 0 Å². The van der Waals surface area contributed by atoms with Gasteiger partial charge in [-0.1, -0.05) is 96.8 Å². The van der Waals surface area contributed by atoms with Gasteiger partial charge in [0.15, 0.2) is 18.9 Å². The molecule has 2 amide bonds. The molecule has 3 aliphatic heterocycles. The van der Waals surface area contributed by atoms with Gasteiger partial charge in [-0.3, -0.25) is 9.59 Å². The number of ether oxygens (including phenoxy) is 8. The molecule has 3 heterocycles. The molecule has 3 saturated heterocycles. The van der Waals surface area contributed by atoms with E-state index < -0.39 is 111 Å². The Hall–Kier alpha value is -1.70. The number of aliphatic hydroxyl groups is 8. The zero-order valence-corrected chi connectivity index (χ0v) is 38.3. The second-order valence-corrected chi connectivity index (χ2v) is 17.2. The molecule has 0 aromatic rings. The lowest BCUT2D eigenvalue weighted by Gasteiger charge is -2.49. The lowest BCUT2D eigenvalue weighted by atomic mass is 9.95. The van der Waals surface area contributed by atoms with Gasteiger partial charge in [0.1, 0.15) is 73.7 Å². The van der Waals surface area contributed by atoms with E-state index in [0.29, 0.717) is 13.2 Å². The predicted molar refractivity (Wildman–Crippen MR) is 229 cm³/mol. The smallest absolute Gasteiger partial charge is 0.246 e. The Morgan fingerprint density at radius 2 is 1.09 bits per heavy atom. The third-order valence-electron chi connectivity index (χ3n) is 11.9. The fraction of sp³-hybridized carbons (Fsp3) is 0.955. The van der Waals surface area contributed by atoms with E-state index in [4.69, 9.17) is 37.9 Å². The Balaban J connectivity index is 1.41. The summed E-state index contributed by atoms with van der Waals surface area (Å²) in [5.41, 5.74) is 0. The zero-order valence-electron chi connectivity index (χ0n) is 38.3. The summed E-state index contributed by atoms with van der Waals surface area (Å²) < 4.78 is 46.4. The van der Waals surface area contributed by atoms with Crippen molar-refractivity contribution in [2.45, 2.75) is 216 Å². The summed E-state index contributed by atoms with van der Waals surface area (Å²) in [6.45, 7) is 4.51. The average Bonchev–Trinajstić information content (AvgIpc) is 3.27. The number of unbranched alkanes of at least 4 members (excludes halogenated alkanes) is 14. The van der Waals surface area contributed by atoms with Crippen molar-refractivity contribution in [2.24, 2.45) is 0 Å². The molecule has 10 N–H and O–H groups in total. The summed E-state index contributed by atoms with van der Waals surface area (Å²) in [4.78, 5) is 24.5. The normalized spacial score (nSPS) is 33.3. The molecule has 3 rings (SSSR count). The number of amides is 2. The molecule has 376 valence electrons. The zero-order chi connectivity index (χ0) is 46.9. The molecule has 0 aliphatic carbocycles. The average molecular weight is 927 g/mol. The minimum absolute atomic E-state index is 0.0858. The van der Waals surface area contributed by atoms with Crippen molar-refractivity contribution in [3.8, 4) is 0 Å². The molecule has 0 radical (unpaired) electrons. The summed E-state index contributed by atoms with van der Waals surface area (Å²) in [7, 11) is 0. The molecule has 0 bridgehead atoms. The third-order valence-corrected chi connectivity index (χ3v) is 11.9. The first-order valence-corrected chi connectivity index (χ1v) is 23.7. The number of carbonyl (C=O) groups is 2. The fourth-order valence-corrected chi connectivity index (χ4v) is 8.01. The van der Waals surface area contributed by atoms with Gasteiger partial charge in [-0.2, -0.15) is 0 Å². The van der Waals surface area contributed by atoms with Crippen molar-refractivity contribution in [2.75, 3.05) is 52.8 Å². The van der Waals surface area contributed by atoms with E-state index in [1.54, 1.807) is 0 Å². The number of nitrogens with one attached hydrogen (secondary N) is 2. The van der Waals surface area contributed by atoms with Gasteiger partial charge < -0.3 is 89.4 Å². The van der Waals surface area contributed by atoms with Crippen LogP contribution in [-0.4, -0.2) is 198 Å². The van der Waals surface area contributed by atoms with Crippen LogP contribution in [0.2, 0.25) is 0 Å². The maximum Gasteiger partial charge on any atom is 0.246 e. The highest BCUT2D eigenvalue weighted by Gasteiger charge is 2.54. The number of rotatable bonds is 33. The molecule has 0 aromatic carbocycles. The van der Waals surface area contributed by atoms with E-state index in [1.807, 2.05) is 0 Å². The second-order valence-electron chi connectivity index (χ2n) is 17.2. The van der Waals surface area contributed by atoms with Gasteiger partial charge in [0.05, 0.1) is 39.1 Å². The van der Waals surface area contributed by atoms with Crippen molar-refractivity contribution < 1.29 is 88.3 Å². The number of hydrogen-bond donors (Lipinski definition) is 10. The molecule has 0 aromatic heterocycles. The van der Waals surface area contributed by atoms with E-state index >= 15 is 0 Å². The Bertz CT molecular complexity index is 1240. The topological polar surface area (TPSA) is 294 Å². The van der Waals surface area contributed by atoms with Crippen molar-refractivity contribution in [1.29, 1.82) is 0 Å². The van der Waals surface area contributed by atoms with Gasteiger partial charge in [-0.05, 0) is 19.8 Å². The van der Waals surface area contributed by atoms with Gasteiger partial charge in [0.25, 0.3) is 0 Å². The fourth-order valence-electron chi connectivity index (χ4n) is 8.01. The number of hydrogen-bond acceptors (Lipinski definition) is 18. The van der Waals surface area contributed by atoms with Crippen molar-refractivity contribution in [1.82, 2.24) is 10.6 Å². The highest BCUT2D eigenvalue weighted by atomic mass is 16.8. The molecule has 0 saturated carbocycles. The van der Waals surface area contributed by atoms with E-state index in [1.165, 1.54) is 90.4 Å². The highest BCUT2D eigenvalue weighted by molar-refractivity contribution is 5.77. The quantitative estimate of drug-likeness (QED) is 0.0389. The molecular weight excluding hydrogens is 844 g/mol. The van der Waals surface area contributed by atoms with Crippen LogP contribution in [0.1, 0.15) is 124 Å². The summed E-state index contributed by atoms with van der Waals surface area (Å²) in [6.07, 6.45) is -2.05. The van der Waals surface area contributed by atoms with E-state index in [0.717, 1.165) is 19.8 Å². The molecule has 15 atom stereocenters. The second kappa shape index (κ2) is 32.1. The SMILES string of the molecule is CCCCCCCCCCCCCCCCCOCCOCC(=O)NCCCO[C@@H]1OC(CO)[C@H](O)[C@H](O[C@@H]2OC(CO)[C@H](O)[C@H](O)C2NC(C)=O)C1O[C@@H]1OC(C)[C@@H](O)[C@H](O)C1O. The molecule has 3 fully saturated rings. The Morgan fingerprint density at radius 1 is 0.547 bits per heavy atom. The van der Waals surface area contributed by atoms with Crippen LogP contribution in [0.3, 0.4) is 0 Å². The van der Waals surface area contributed by atoms with Crippen LogP contribution < -0.4 is 10.6 Å². The van der Waals surface area contributed by atoms with E-state index in [9.17, 15) is 50.4 Å². The summed E-state index contributed by atoms with van der Waals surface area (Å²) in [5, 5.41) is 89.4. The Morgan fingerprint density at radius 3 is 1.69 bits per heavy atom. The highest BCUT2D eigenvalue weighted by Crippen LogP contribution is 2.34. The Labute approximate surface area is 378 Å². The van der Waals surface area contributed by atoms with E-state index in [2.05, 4.69) is 17.6 Å². The molecule has 6 unspecified atom stereocenters. The minimum Gasteiger partial charge on any atom is -0.394 e. The first-order chi connectivity index (χ1) is 30.8. The van der Waals surface area contributed by atoms with Gasteiger partial charge >= 0.3 is 0 Å². The minimum atomic E-state index is -1.81. The van der Waals surface area contributed by atoms with Gasteiger partial charge in [0.2, 0.25) is 11.8 Å². The summed E-state index contributed by atoms with van der Waals surface area (Å²) >= 11 is 0. The third kappa shape index (κ3) is 19.5. The molecule has 3 aliphatic rings. The van der Waals surface area contributed by atoms with Crippen LogP contribution in [-0.2, 0) is 47.5 Å². The van der Waals surface area contributed by atoms with Crippen molar-refractivity contribution in [3.05, 3.63) is 0 Å². The number of aliphatic hydroxyl groups excluding tert-OH is 8. The molecule has 20 heteroatoms. The van der Waals surface area contributed by atoms with Crippen LogP contribution >= 0.6 is 0 Å². The monoisotopic (exact) mass is 927 g/mol. The van der Waals surface area contributed by atoms with Gasteiger partial charge in [-0.15, -0.1) is 0 Å². The maximum absolute atomic E-state index is 12.4. The first-order valence-electron chi connectivity index (χ1n) is 23.7. The molecule has 20 nitrogen and oxygen atoms in total. The van der Waals surface area contributed by atoms with Crippen LogP contribution in [0.4, 0.5) is 0 Å². The van der Waals surface area contributed by atoms with E-state index in [-0.39, 0.29) is 38.7 Å².